The van der Waals surface area contributed by atoms with Gasteiger partial charge in [-0.3, -0.25) is 5.01 Å². The summed E-state index contributed by atoms with van der Waals surface area (Å²) in [5.74, 6) is 2.28. The van der Waals surface area contributed by atoms with Crippen molar-refractivity contribution >= 4 is 23.5 Å². The minimum Gasteiger partial charge on any atom is -0.351 e. The highest BCUT2D eigenvalue weighted by molar-refractivity contribution is 5.76. The molecule has 9 heteroatoms. The van der Waals surface area contributed by atoms with Crippen LogP contribution in [0.5, 0.6) is 0 Å². The van der Waals surface area contributed by atoms with Gasteiger partial charge in [0.15, 0.2) is 5.82 Å². The third-order valence-electron chi connectivity index (χ3n) is 7.63. The van der Waals surface area contributed by atoms with Gasteiger partial charge >= 0.3 is 0 Å². The van der Waals surface area contributed by atoms with Crippen molar-refractivity contribution in [1.29, 1.82) is 0 Å². The first-order valence-electron chi connectivity index (χ1n) is 12.6. The maximum Gasteiger partial charge on any atom is 0.225 e. The number of rotatable bonds is 5. The molecule has 0 aliphatic carbocycles. The monoisotopic (exact) mass is 481 g/mol. The van der Waals surface area contributed by atoms with Gasteiger partial charge in [-0.1, -0.05) is 37.3 Å². The number of anilines is 2. The van der Waals surface area contributed by atoms with Gasteiger partial charge in [-0.15, -0.1) is 0 Å². The van der Waals surface area contributed by atoms with Crippen LogP contribution in [0.15, 0.2) is 66.4 Å². The maximum absolute atomic E-state index is 4.71. The number of fused-ring (bicyclic) bond motifs is 1. The van der Waals surface area contributed by atoms with Crippen molar-refractivity contribution in [2.45, 2.75) is 31.7 Å². The van der Waals surface area contributed by atoms with Crippen LogP contribution in [-0.4, -0.2) is 75.1 Å². The van der Waals surface area contributed by atoms with Crippen LogP contribution >= 0.6 is 0 Å². The summed E-state index contributed by atoms with van der Waals surface area (Å²) in [5, 5.41) is 10.9. The van der Waals surface area contributed by atoms with E-state index in [0.717, 1.165) is 49.0 Å². The van der Waals surface area contributed by atoms with Crippen LogP contribution in [0.1, 0.15) is 42.4 Å². The highest BCUT2D eigenvalue weighted by Crippen LogP contribution is 2.30. The molecule has 0 N–H and O–H groups in total. The number of nitrogens with zero attached hydrogens (tertiary/aromatic N) is 9. The summed E-state index contributed by atoms with van der Waals surface area (Å²) in [4.78, 5) is 18.7. The van der Waals surface area contributed by atoms with Gasteiger partial charge in [0.05, 0.1) is 6.04 Å². The molecule has 36 heavy (non-hydrogen) atoms. The standard InChI is InChI=1S/C27H31N9/c1-19(21-7-5-4-6-8-21)23-14-28-27(29-15-23)35-11-9-34(10-12-35)26-25-13-22(17-36(25)32-18-30-26)24-16-31-33(3)20(24)2/h4-8,13-20,24H,9-12H2,1-3H3. The van der Waals surface area contributed by atoms with Gasteiger partial charge in [0.2, 0.25) is 5.95 Å². The van der Waals surface area contributed by atoms with Crippen molar-refractivity contribution in [1.82, 2.24) is 29.6 Å². The predicted molar refractivity (Wildman–Crippen MR) is 142 cm³/mol. The third kappa shape index (κ3) is 4.04. The fourth-order valence-electron chi connectivity index (χ4n) is 5.14. The maximum atomic E-state index is 4.71. The lowest BCUT2D eigenvalue weighted by Crippen LogP contribution is -2.47. The first kappa shape index (κ1) is 22.5. The molecular formula is C27H31N9. The molecule has 1 saturated heterocycles. The summed E-state index contributed by atoms with van der Waals surface area (Å²) < 4.78 is 1.94. The van der Waals surface area contributed by atoms with E-state index in [1.165, 1.54) is 11.1 Å². The van der Waals surface area contributed by atoms with Crippen molar-refractivity contribution in [2.75, 3.05) is 43.0 Å². The SMILES string of the molecule is CC(c1ccccc1)c1cnc(N2CCN(c3ncnn4cc(C5C=NN(C)C5C)cc34)CC2)nc1. The molecule has 0 bridgehead atoms. The molecular weight excluding hydrogens is 450 g/mol. The molecule has 3 unspecified atom stereocenters. The number of piperazine rings is 1. The largest absolute Gasteiger partial charge is 0.351 e. The Labute approximate surface area is 211 Å². The fraction of sp³-hybridized carbons (Fsp3) is 0.370. The molecule has 2 aliphatic heterocycles. The van der Waals surface area contributed by atoms with Gasteiger partial charge in [0, 0.05) is 69.9 Å². The van der Waals surface area contributed by atoms with E-state index in [9.17, 15) is 0 Å². The smallest absolute Gasteiger partial charge is 0.225 e. The zero-order chi connectivity index (χ0) is 24.6. The molecule has 3 aromatic heterocycles. The zero-order valence-corrected chi connectivity index (χ0v) is 20.9. The van der Waals surface area contributed by atoms with Crippen molar-refractivity contribution in [2.24, 2.45) is 5.10 Å². The first-order valence-corrected chi connectivity index (χ1v) is 12.6. The first-order chi connectivity index (χ1) is 17.6. The van der Waals surface area contributed by atoms with Gasteiger partial charge in [0.25, 0.3) is 0 Å². The Morgan fingerprint density at radius 3 is 2.33 bits per heavy atom. The van der Waals surface area contributed by atoms with Gasteiger partial charge in [-0.25, -0.2) is 19.5 Å². The molecule has 9 nitrogen and oxygen atoms in total. The highest BCUT2D eigenvalue weighted by atomic mass is 15.5. The summed E-state index contributed by atoms with van der Waals surface area (Å²) in [6, 6.07) is 13.0. The topological polar surface area (TPSA) is 78.0 Å². The molecule has 4 aromatic rings. The lowest BCUT2D eigenvalue weighted by atomic mass is 9.96. The van der Waals surface area contributed by atoms with E-state index >= 15 is 0 Å². The van der Waals surface area contributed by atoms with Crippen molar-refractivity contribution in [3.63, 3.8) is 0 Å². The number of hydrogen-bond donors (Lipinski definition) is 0. The van der Waals surface area contributed by atoms with Gasteiger partial charge in [-0.2, -0.15) is 10.2 Å². The molecule has 184 valence electrons. The molecule has 5 heterocycles. The molecule has 3 atom stereocenters. The zero-order valence-electron chi connectivity index (χ0n) is 20.9. The molecule has 6 rings (SSSR count). The number of hydrogen-bond acceptors (Lipinski definition) is 8. The molecule has 1 aromatic carbocycles. The lowest BCUT2D eigenvalue weighted by Gasteiger charge is -2.35. The van der Waals surface area contributed by atoms with E-state index in [2.05, 4.69) is 75.4 Å². The van der Waals surface area contributed by atoms with Crippen LogP contribution in [-0.2, 0) is 0 Å². The highest BCUT2D eigenvalue weighted by Gasteiger charge is 2.28. The summed E-state index contributed by atoms with van der Waals surface area (Å²) >= 11 is 0. The molecule has 0 saturated carbocycles. The van der Waals surface area contributed by atoms with Crippen LogP contribution in [0.3, 0.4) is 0 Å². The summed E-state index contributed by atoms with van der Waals surface area (Å²) in [5.41, 5.74) is 4.65. The number of aromatic nitrogens is 5. The van der Waals surface area contributed by atoms with E-state index in [0.29, 0.717) is 6.04 Å². The molecule has 0 spiro atoms. The average molecular weight is 482 g/mol. The van der Waals surface area contributed by atoms with E-state index < -0.39 is 0 Å². The van der Waals surface area contributed by atoms with E-state index in [1.54, 1.807) is 6.33 Å². The summed E-state index contributed by atoms with van der Waals surface area (Å²) in [7, 11) is 2.02. The molecule has 2 aliphatic rings. The molecule has 0 radical (unpaired) electrons. The second-order valence-corrected chi connectivity index (χ2v) is 9.71. The minimum atomic E-state index is 0.256. The predicted octanol–water partition coefficient (Wildman–Crippen LogP) is 3.40. The number of likely N-dealkylation sites (N-methyl/N-ethyl adjacent to an activating group) is 1. The molecule has 0 amide bonds. The fourth-order valence-corrected chi connectivity index (χ4v) is 5.14. The second kappa shape index (κ2) is 9.22. The van der Waals surface area contributed by atoms with Crippen molar-refractivity contribution < 1.29 is 0 Å². The Kier molecular flexibility index (Phi) is 5.75. The van der Waals surface area contributed by atoms with Crippen LogP contribution in [0.2, 0.25) is 0 Å². The van der Waals surface area contributed by atoms with Crippen LogP contribution in [0.25, 0.3) is 5.52 Å². The normalized spacial score (nSPS) is 20.9. The Bertz CT molecular complexity index is 1360. The summed E-state index contributed by atoms with van der Waals surface area (Å²) in [6.07, 6.45) is 9.71. The average Bonchev–Trinajstić information content (AvgIpc) is 3.51. The Morgan fingerprint density at radius 1 is 0.917 bits per heavy atom. The van der Waals surface area contributed by atoms with Gasteiger partial charge in [-0.05, 0) is 29.7 Å². The van der Waals surface area contributed by atoms with Crippen LogP contribution in [0, 0.1) is 0 Å². The van der Waals surface area contributed by atoms with E-state index in [1.807, 2.05) is 41.2 Å². The number of hydrazone groups is 1. The van der Waals surface area contributed by atoms with Crippen LogP contribution in [0.4, 0.5) is 11.8 Å². The van der Waals surface area contributed by atoms with Crippen molar-refractivity contribution in [3.8, 4) is 0 Å². The Balaban J connectivity index is 1.15. The Hall–Kier alpha value is -4.01. The van der Waals surface area contributed by atoms with E-state index in [-0.39, 0.29) is 11.8 Å². The van der Waals surface area contributed by atoms with E-state index in [4.69, 9.17) is 9.97 Å². The minimum absolute atomic E-state index is 0.256. The van der Waals surface area contributed by atoms with Crippen LogP contribution < -0.4 is 9.80 Å². The van der Waals surface area contributed by atoms with Crippen molar-refractivity contribution in [3.05, 3.63) is 78.0 Å². The third-order valence-corrected chi connectivity index (χ3v) is 7.63. The summed E-state index contributed by atoms with van der Waals surface area (Å²) in [6.45, 7) is 7.78. The number of benzene rings is 1. The second-order valence-electron chi connectivity index (χ2n) is 9.71. The van der Waals surface area contributed by atoms with Gasteiger partial charge in [0.1, 0.15) is 11.8 Å². The molecule has 1 fully saturated rings. The van der Waals surface area contributed by atoms with Gasteiger partial charge < -0.3 is 9.80 Å². The quantitative estimate of drug-likeness (QED) is 0.432. The Morgan fingerprint density at radius 2 is 1.64 bits per heavy atom. The lowest BCUT2D eigenvalue weighted by molar-refractivity contribution is 0.289.